The van der Waals surface area contributed by atoms with Gasteiger partial charge in [0.2, 0.25) is 0 Å². The number of halogens is 3. The van der Waals surface area contributed by atoms with Crippen LogP contribution in [0.5, 0.6) is 0 Å². The number of aromatic nitrogens is 3. The van der Waals surface area contributed by atoms with Crippen LogP contribution >= 0.6 is 0 Å². The molecule has 3 aromatic heterocycles. The van der Waals surface area contributed by atoms with Crippen LogP contribution in [0.2, 0.25) is 0 Å². The number of amides is 1. The highest BCUT2D eigenvalue weighted by Crippen LogP contribution is 2.36. The van der Waals surface area contributed by atoms with Crippen LogP contribution in [0.3, 0.4) is 0 Å². The minimum absolute atomic E-state index is 0.0465. The molecule has 1 amide bonds. The van der Waals surface area contributed by atoms with Gasteiger partial charge in [-0.25, -0.2) is 9.97 Å². The molecule has 0 radical (unpaired) electrons. The minimum Gasteiger partial charge on any atom is -0.306 e. The van der Waals surface area contributed by atoms with Crippen molar-refractivity contribution in [2.75, 3.05) is 5.32 Å². The summed E-state index contributed by atoms with van der Waals surface area (Å²) in [6.07, 6.45) is 0.125. The summed E-state index contributed by atoms with van der Waals surface area (Å²) < 4.78 is 41.5. The Morgan fingerprint density at radius 3 is 2.54 bits per heavy atom. The molecule has 1 N–H and O–H groups in total. The van der Waals surface area contributed by atoms with Crippen molar-refractivity contribution in [3.8, 4) is 11.3 Å². The number of nitrogens with zero attached hydrogens (tertiary/aromatic N) is 3. The number of pyridine rings is 2. The van der Waals surface area contributed by atoms with E-state index < -0.39 is 17.6 Å². The first-order chi connectivity index (χ1) is 13.4. The summed E-state index contributed by atoms with van der Waals surface area (Å²) in [4.78, 5) is 20.9. The molecule has 0 spiro atoms. The maximum Gasteiger partial charge on any atom is 0.417 e. The number of carbonyl (C=O) groups is 1. The van der Waals surface area contributed by atoms with E-state index in [2.05, 4.69) is 15.3 Å². The van der Waals surface area contributed by atoms with Gasteiger partial charge in [0.15, 0.2) is 0 Å². The maximum atomic E-state index is 13.3. The summed E-state index contributed by atoms with van der Waals surface area (Å²) >= 11 is 0. The standard InChI is InChI=1S/C20H13F3N4O/c21-20(22,23)15-8-2-1-6-13(15)16-12-27-11-5-7-14(18(27)25-16)19(28)26-17-9-3-4-10-24-17/h1-12H,(H,24,26,28). The van der Waals surface area contributed by atoms with E-state index in [0.29, 0.717) is 5.82 Å². The summed E-state index contributed by atoms with van der Waals surface area (Å²) in [5.41, 5.74) is -0.217. The van der Waals surface area contributed by atoms with E-state index in [1.807, 2.05) is 0 Å². The smallest absolute Gasteiger partial charge is 0.306 e. The number of alkyl halides is 3. The largest absolute Gasteiger partial charge is 0.417 e. The van der Waals surface area contributed by atoms with Gasteiger partial charge >= 0.3 is 6.18 Å². The van der Waals surface area contributed by atoms with Gasteiger partial charge in [0.1, 0.15) is 11.5 Å². The average Bonchev–Trinajstić information content (AvgIpc) is 3.12. The molecular weight excluding hydrogens is 369 g/mol. The monoisotopic (exact) mass is 382 g/mol. The lowest BCUT2D eigenvalue weighted by molar-refractivity contribution is -0.137. The first kappa shape index (κ1) is 17.7. The molecule has 1 aromatic carbocycles. The number of rotatable bonds is 3. The van der Waals surface area contributed by atoms with E-state index in [4.69, 9.17) is 0 Å². The Bertz CT molecular complexity index is 1150. The van der Waals surface area contributed by atoms with Crippen LogP contribution in [0, 0.1) is 0 Å². The van der Waals surface area contributed by atoms with Crippen molar-refractivity contribution >= 4 is 17.4 Å². The van der Waals surface area contributed by atoms with Crippen molar-refractivity contribution < 1.29 is 18.0 Å². The molecule has 4 aromatic rings. The van der Waals surface area contributed by atoms with E-state index in [1.54, 1.807) is 36.5 Å². The number of anilines is 1. The molecule has 3 heterocycles. The van der Waals surface area contributed by atoms with Gasteiger partial charge in [0, 0.05) is 24.2 Å². The minimum atomic E-state index is -4.51. The molecular formula is C20H13F3N4O. The van der Waals surface area contributed by atoms with E-state index in [9.17, 15) is 18.0 Å². The molecule has 0 aliphatic rings. The quantitative estimate of drug-likeness (QED) is 0.560. The summed E-state index contributed by atoms with van der Waals surface area (Å²) in [5.74, 6) is -0.0887. The highest BCUT2D eigenvalue weighted by molar-refractivity contribution is 6.08. The maximum absolute atomic E-state index is 13.3. The zero-order valence-electron chi connectivity index (χ0n) is 14.3. The molecule has 0 atom stereocenters. The molecule has 0 bridgehead atoms. The lowest BCUT2D eigenvalue weighted by atomic mass is 10.0. The number of carbonyl (C=O) groups excluding carboxylic acids is 1. The Morgan fingerprint density at radius 1 is 1.00 bits per heavy atom. The van der Waals surface area contributed by atoms with Gasteiger partial charge in [-0.15, -0.1) is 0 Å². The van der Waals surface area contributed by atoms with Crippen LogP contribution in [0.15, 0.2) is 73.2 Å². The third-order valence-electron chi connectivity index (χ3n) is 4.14. The number of fused-ring (bicyclic) bond motifs is 1. The molecule has 28 heavy (non-hydrogen) atoms. The summed E-state index contributed by atoms with van der Waals surface area (Å²) in [6, 6.07) is 13.5. The SMILES string of the molecule is O=C(Nc1ccccn1)c1cccn2cc(-c3ccccc3C(F)(F)F)nc12. The van der Waals surface area contributed by atoms with Crippen LogP contribution in [-0.2, 0) is 6.18 Å². The van der Waals surface area contributed by atoms with Crippen LogP contribution in [0.1, 0.15) is 15.9 Å². The van der Waals surface area contributed by atoms with Crippen molar-refractivity contribution in [3.63, 3.8) is 0 Å². The molecule has 8 heteroatoms. The zero-order chi connectivity index (χ0) is 19.7. The van der Waals surface area contributed by atoms with E-state index in [1.165, 1.54) is 35.0 Å². The molecule has 0 fully saturated rings. The molecule has 5 nitrogen and oxygen atoms in total. The van der Waals surface area contributed by atoms with E-state index in [0.717, 1.165) is 6.07 Å². The van der Waals surface area contributed by atoms with Gasteiger partial charge in [0.25, 0.3) is 5.91 Å². The summed E-state index contributed by atoms with van der Waals surface area (Å²) in [5, 5.41) is 2.65. The van der Waals surface area contributed by atoms with Gasteiger partial charge in [-0.2, -0.15) is 13.2 Å². The Balaban J connectivity index is 1.78. The first-order valence-corrected chi connectivity index (χ1v) is 8.30. The number of benzene rings is 1. The van der Waals surface area contributed by atoms with Crippen molar-refractivity contribution in [2.24, 2.45) is 0 Å². The fourth-order valence-corrected chi connectivity index (χ4v) is 2.89. The van der Waals surface area contributed by atoms with Crippen molar-refractivity contribution in [1.29, 1.82) is 0 Å². The molecule has 0 saturated carbocycles. The molecule has 4 rings (SSSR count). The first-order valence-electron chi connectivity index (χ1n) is 8.30. The zero-order valence-corrected chi connectivity index (χ0v) is 14.3. The van der Waals surface area contributed by atoms with Crippen LogP contribution < -0.4 is 5.32 Å². The highest BCUT2D eigenvalue weighted by Gasteiger charge is 2.34. The van der Waals surface area contributed by atoms with Crippen molar-refractivity contribution in [1.82, 2.24) is 14.4 Å². The normalized spacial score (nSPS) is 11.5. The van der Waals surface area contributed by atoms with Crippen molar-refractivity contribution in [2.45, 2.75) is 6.18 Å². The van der Waals surface area contributed by atoms with E-state index in [-0.39, 0.29) is 22.5 Å². The third kappa shape index (κ3) is 3.32. The second-order valence-corrected chi connectivity index (χ2v) is 5.99. The summed E-state index contributed by atoms with van der Waals surface area (Å²) in [7, 11) is 0. The number of imidazole rings is 1. The second-order valence-electron chi connectivity index (χ2n) is 5.99. The van der Waals surface area contributed by atoms with E-state index >= 15 is 0 Å². The topological polar surface area (TPSA) is 59.3 Å². The van der Waals surface area contributed by atoms with Gasteiger partial charge in [-0.05, 0) is 30.3 Å². The number of nitrogens with one attached hydrogen (secondary N) is 1. The Morgan fingerprint density at radius 2 is 1.79 bits per heavy atom. The fourth-order valence-electron chi connectivity index (χ4n) is 2.89. The molecule has 0 saturated heterocycles. The third-order valence-corrected chi connectivity index (χ3v) is 4.14. The highest BCUT2D eigenvalue weighted by atomic mass is 19.4. The van der Waals surface area contributed by atoms with Gasteiger partial charge in [-0.3, -0.25) is 4.79 Å². The number of hydrogen-bond donors (Lipinski definition) is 1. The van der Waals surface area contributed by atoms with Crippen LogP contribution in [0.4, 0.5) is 19.0 Å². The van der Waals surface area contributed by atoms with Crippen LogP contribution in [-0.4, -0.2) is 20.3 Å². The van der Waals surface area contributed by atoms with Gasteiger partial charge in [0.05, 0.1) is 16.8 Å². The molecule has 0 unspecified atom stereocenters. The summed E-state index contributed by atoms with van der Waals surface area (Å²) in [6.45, 7) is 0. The van der Waals surface area contributed by atoms with Gasteiger partial charge < -0.3 is 9.72 Å². The lowest BCUT2D eigenvalue weighted by Crippen LogP contribution is -2.14. The fraction of sp³-hybridized carbons (Fsp3) is 0.0500. The average molecular weight is 382 g/mol. The van der Waals surface area contributed by atoms with Crippen LogP contribution in [0.25, 0.3) is 16.9 Å². The van der Waals surface area contributed by atoms with Crippen molar-refractivity contribution in [3.05, 3.63) is 84.3 Å². The Kier molecular flexibility index (Phi) is 4.31. The predicted molar refractivity (Wildman–Crippen MR) is 97.8 cm³/mol. The molecule has 140 valence electrons. The molecule has 0 aliphatic carbocycles. The Labute approximate surface area is 157 Å². The number of hydrogen-bond acceptors (Lipinski definition) is 3. The second kappa shape index (κ2) is 6.80. The molecule has 0 aliphatic heterocycles. The van der Waals surface area contributed by atoms with Gasteiger partial charge in [-0.1, -0.05) is 24.3 Å². The lowest BCUT2D eigenvalue weighted by Gasteiger charge is -2.10. The Hall–Kier alpha value is -3.68. The predicted octanol–water partition coefficient (Wildman–Crippen LogP) is 4.67.